The third-order valence-electron chi connectivity index (χ3n) is 3.10. The molecule has 0 aromatic carbocycles. The lowest BCUT2D eigenvalue weighted by Crippen LogP contribution is -2.40. The summed E-state index contributed by atoms with van der Waals surface area (Å²) in [6.07, 6.45) is 2.01. The fraction of sp³-hybridized carbons (Fsp3) is 0.900. The standard InChI is InChI=1S/C10H18N2O2/c1-3-14-6-8(2)12-7-11-10(4-5-10)9(12)13/h8,11H,3-7H2,1-2H3. The minimum absolute atomic E-state index is 0.166. The molecule has 1 saturated heterocycles. The van der Waals surface area contributed by atoms with E-state index < -0.39 is 0 Å². The minimum atomic E-state index is -0.166. The molecule has 0 aromatic rings. The summed E-state index contributed by atoms with van der Waals surface area (Å²) in [6.45, 7) is 6.05. The Balaban J connectivity index is 1.89. The highest BCUT2D eigenvalue weighted by atomic mass is 16.5. The van der Waals surface area contributed by atoms with Crippen LogP contribution in [0.15, 0.2) is 0 Å². The fourth-order valence-electron chi connectivity index (χ4n) is 1.91. The highest BCUT2D eigenvalue weighted by molar-refractivity contribution is 5.91. The molecule has 1 aliphatic heterocycles. The summed E-state index contributed by atoms with van der Waals surface area (Å²) in [7, 11) is 0. The molecule has 1 heterocycles. The van der Waals surface area contributed by atoms with Gasteiger partial charge in [-0.25, -0.2) is 0 Å². The van der Waals surface area contributed by atoms with Crippen LogP contribution in [-0.2, 0) is 9.53 Å². The molecular weight excluding hydrogens is 180 g/mol. The van der Waals surface area contributed by atoms with Crippen molar-refractivity contribution in [3.8, 4) is 0 Å². The average Bonchev–Trinajstić information content (AvgIpc) is 2.88. The summed E-state index contributed by atoms with van der Waals surface area (Å²) >= 11 is 0. The topological polar surface area (TPSA) is 41.6 Å². The molecule has 4 nitrogen and oxygen atoms in total. The van der Waals surface area contributed by atoms with E-state index in [0.717, 1.165) is 12.8 Å². The van der Waals surface area contributed by atoms with E-state index in [-0.39, 0.29) is 17.5 Å². The van der Waals surface area contributed by atoms with Gasteiger partial charge in [0.15, 0.2) is 0 Å². The minimum Gasteiger partial charge on any atom is -0.380 e. The fourth-order valence-corrected chi connectivity index (χ4v) is 1.91. The Labute approximate surface area is 84.6 Å². The molecule has 1 aliphatic carbocycles. The predicted octanol–water partition coefficient (Wildman–Crippen LogP) is 0.333. The summed E-state index contributed by atoms with van der Waals surface area (Å²) in [5.74, 6) is 0.268. The van der Waals surface area contributed by atoms with Crippen molar-refractivity contribution in [1.29, 1.82) is 0 Å². The van der Waals surface area contributed by atoms with Gasteiger partial charge in [-0.2, -0.15) is 0 Å². The largest absolute Gasteiger partial charge is 0.380 e. The van der Waals surface area contributed by atoms with Gasteiger partial charge in [0.25, 0.3) is 0 Å². The quantitative estimate of drug-likeness (QED) is 0.708. The monoisotopic (exact) mass is 198 g/mol. The van der Waals surface area contributed by atoms with E-state index >= 15 is 0 Å². The zero-order valence-electron chi connectivity index (χ0n) is 8.88. The Kier molecular flexibility index (Phi) is 2.49. The van der Waals surface area contributed by atoms with Gasteiger partial charge in [0.05, 0.1) is 24.9 Å². The van der Waals surface area contributed by atoms with Gasteiger partial charge in [-0.3, -0.25) is 10.1 Å². The van der Waals surface area contributed by atoms with Crippen LogP contribution in [0.1, 0.15) is 26.7 Å². The smallest absolute Gasteiger partial charge is 0.244 e. The first-order chi connectivity index (χ1) is 6.69. The van der Waals surface area contributed by atoms with Gasteiger partial charge < -0.3 is 9.64 Å². The second kappa shape index (κ2) is 3.51. The molecule has 1 amide bonds. The van der Waals surface area contributed by atoms with E-state index in [4.69, 9.17) is 4.74 Å². The van der Waals surface area contributed by atoms with Crippen molar-refractivity contribution in [2.75, 3.05) is 19.9 Å². The van der Waals surface area contributed by atoms with Crippen LogP contribution in [0.2, 0.25) is 0 Å². The number of rotatable bonds is 4. The highest BCUT2D eigenvalue weighted by Crippen LogP contribution is 2.40. The molecule has 0 bridgehead atoms. The lowest BCUT2D eigenvalue weighted by atomic mass is 10.2. The van der Waals surface area contributed by atoms with Gasteiger partial charge >= 0.3 is 0 Å². The van der Waals surface area contributed by atoms with Crippen molar-refractivity contribution in [1.82, 2.24) is 10.2 Å². The Morgan fingerprint density at radius 2 is 2.36 bits per heavy atom. The van der Waals surface area contributed by atoms with E-state index in [2.05, 4.69) is 5.32 Å². The van der Waals surface area contributed by atoms with Crippen molar-refractivity contribution in [3.05, 3.63) is 0 Å². The first-order valence-corrected chi connectivity index (χ1v) is 5.33. The summed E-state index contributed by atoms with van der Waals surface area (Å²) in [5.41, 5.74) is -0.166. The maximum absolute atomic E-state index is 11.9. The second-order valence-corrected chi connectivity index (χ2v) is 4.20. The Morgan fingerprint density at radius 3 is 2.86 bits per heavy atom. The molecule has 0 aromatic heterocycles. The maximum Gasteiger partial charge on any atom is 0.244 e. The number of carbonyl (C=O) groups excluding carboxylic acids is 1. The molecule has 2 fully saturated rings. The third-order valence-corrected chi connectivity index (χ3v) is 3.10. The number of ether oxygens (including phenoxy) is 1. The molecule has 0 radical (unpaired) electrons. The van der Waals surface area contributed by atoms with Crippen LogP contribution >= 0.6 is 0 Å². The van der Waals surface area contributed by atoms with Gasteiger partial charge in [0.1, 0.15) is 0 Å². The average molecular weight is 198 g/mol. The molecule has 4 heteroatoms. The first kappa shape index (κ1) is 9.93. The first-order valence-electron chi connectivity index (χ1n) is 5.33. The Morgan fingerprint density at radius 1 is 1.64 bits per heavy atom. The van der Waals surface area contributed by atoms with E-state index in [1.54, 1.807) is 0 Å². The molecule has 1 N–H and O–H groups in total. The zero-order valence-corrected chi connectivity index (χ0v) is 8.88. The van der Waals surface area contributed by atoms with Gasteiger partial charge in [-0.15, -0.1) is 0 Å². The van der Waals surface area contributed by atoms with Crippen molar-refractivity contribution in [3.63, 3.8) is 0 Å². The van der Waals surface area contributed by atoms with Gasteiger partial charge in [-0.05, 0) is 26.7 Å². The summed E-state index contributed by atoms with van der Waals surface area (Å²) < 4.78 is 5.32. The third kappa shape index (κ3) is 1.53. The van der Waals surface area contributed by atoms with Crippen LogP contribution in [0.3, 0.4) is 0 Å². The molecule has 1 spiro atoms. The molecule has 80 valence electrons. The summed E-state index contributed by atoms with van der Waals surface area (Å²) in [6, 6.07) is 0.190. The normalized spacial score (nSPS) is 25.9. The highest BCUT2D eigenvalue weighted by Gasteiger charge is 2.56. The Bertz CT molecular complexity index is 238. The number of nitrogens with one attached hydrogen (secondary N) is 1. The second-order valence-electron chi connectivity index (χ2n) is 4.20. The van der Waals surface area contributed by atoms with Crippen LogP contribution < -0.4 is 5.32 Å². The molecule has 1 atom stereocenters. The summed E-state index contributed by atoms with van der Waals surface area (Å²) in [5, 5.41) is 3.28. The molecule has 2 rings (SSSR count). The Hall–Kier alpha value is -0.610. The number of carbonyl (C=O) groups is 1. The van der Waals surface area contributed by atoms with E-state index in [0.29, 0.717) is 19.9 Å². The van der Waals surface area contributed by atoms with Crippen LogP contribution in [-0.4, -0.2) is 42.3 Å². The van der Waals surface area contributed by atoms with Crippen LogP contribution in [0, 0.1) is 0 Å². The maximum atomic E-state index is 11.9. The van der Waals surface area contributed by atoms with E-state index in [1.165, 1.54) is 0 Å². The van der Waals surface area contributed by atoms with E-state index in [9.17, 15) is 4.79 Å². The van der Waals surface area contributed by atoms with Crippen molar-refractivity contribution in [2.45, 2.75) is 38.3 Å². The lowest BCUT2D eigenvalue weighted by Gasteiger charge is -2.23. The van der Waals surface area contributed by atoms with Gasteiger partial charge in [0, 0.05) is 6.61 Å². The van der Waals surface area contributed by atoms with Crippen LogP contribution in [0.4, 0.5) is 0 Å². The SMILES string of the molecule is CCOCC(C)N1CNC2(CC2)C1=O. The van der Waals surface area contributed by atoms with Crippen LogP contribution in [0.25, 0.3) is 0 Å². The molecule has 1 unspecified atom stereocenters. The molecule has 2 aliphatic rings. The zero-order chi connectivity index (χ0) is 10.2. The molecule has 14 heavy (non-hydrogen) atoms. The van der Waals surface area contributed by atoms with E-state index in [1.807, 2.05) is 18.7 Å². The molecular formula is C10H18N2O2. The van der Waals surface area contributed by atoms with Crippen molar-refractivity contribution < 1.29 is 9.53 Å². The van der Waals surface area contributed by atoms with Crippen LogP contribution in [0.5, 0.6) is 0 Å². The predicted molar refractivity (Wildman–Crippen MR) is 52.8 cm³/mol. The van der Waals surface area contributed by atoms with Gasteiger partial charge in [0.2, 0.25) is 5.91 Å². The lowest BCUT2D eigenvalue weighted by molar-refractivity contribution is -0.132. The van der Waals surface area contributed by atoms with Gasteiger partial charge in [-0.1, -0.05) is 0 Å². The number of amides is 1. The summed E-state index contributed by atoms with van der Waals surface area (Å²) in [4.78, 5) is 13.8. The number of nitrogens with zero attached hydrogens (tertiary/aromatic N) is 1. The number of hydrogen-bond acceptors (Lipinski definition) is 3. The van der Waals surface area contributed by atoms with Crippen molar-refractivity contribution in [2.24, 2.45) is 0 Å². The van der Waals surface area contributed by atoms with Crippen molar-refractivity contribution >= 4 is 5.91 Å². The molecule has 1 saturated carbocycles. The number of hydrogen-bond donors (Lipinski definition) is 1.